The first-order chi connectivity index (χ1) is 5.77. The molecule has 0 atom stereocenters. The maximum atomic E-state index is 12.6. The van der Waals surface area contributed by atoms with Crippen LogP contribution in [-0.2, 0) is 0 Å². The molecular weight excluding hydrogens is 161 g/mol. The maximum absolute atomic E-state index is 12.6. The van der Waals surface area contributed by atoms with E-state index in [0.717, 1.165) is 6.33 Å². The van der Waals surface area contributed by atoms with Crippen LogP contribution in [0.4, 0.5) is 4.39 Å². The highest BCUT2D eigenvalue weighted by atomic mass is 19.1. The van der Waals surface area contributed by atoms with Crippen LogP contribution in [0, 0.1) is 11.0 Å². The Labute approximate surface area is 66.9 Å². The summed E-state index contributed by atoms with van der Waals surface area (Å²) in [4.78, 5) is 4.14. The molecular formula is C7H4FN3O. The van der Waals surface area contributed by atoms with Crippen molar-refractivity contribution in [3.63, 3.8) is 0 Å². The van der Waals surface area contributed by atoms with Gasteiger partial charge in [0.25, 0.3) is 5.52 Å². The number of aromatic nitrogens is 3. The molecule has 2 rings (SSSR count). The van der Waals surface area contributed by atoms with Gasteiger partial charge in [-0.2, -0.15) is 0 Å². The van der Waals surface area contributed by atoms with E-state index in [-0.39, 0.29) is 5.52 Å². The third-order valence-electron chi connectivity index (χ3n) is 1.50. The van der Waals surface area contributed by atoms with Crippen LogP contribution in [0.1, 0.15) is 0 Å². The normalized spacial score (nSPS) is 10.4. The SMILES string of the molecule is [O-][n+]1ncnc2cc(F)ccc21. The fourth-order valence-electron chi connectivity index (χ4n) is 0.959. The van der Waals surface area contributed by atoms with E-state index in [1.165, 1.54) is 18.2 Å². The molecule has 0 saturated carbocycles. The van der Waals surface area contributed by atoms with Crippen molar-refractivity contribution in [2.75, 3.05) is 0 Å². The number of halogens is 1. The Hall–Kier alpha value is -1.78. The summed E-state index contributed by atoms with van der Waals surface area (Å²) in [5.41, 5.74) is 0.568. The Morgan fingerprint density at radius 2 is 2.25 bits per heavy atom. The molecule has 0 radical (unpaired) electrons. The second-order valence-corrected chi connectivity index (χ2v) is 2.27. The zero-order valence-corrected chi connectivity index (χ0v) is 5.94. The number of rotatable bonds is 0. The van der Waals surface area contributed by atoms with Crippen molar-refractivity contribution in [2.24, 2.45) is 0 Å². The summed E-state index contributed by atoms with van der Waals surface area (Å²) in [5, 5.41) is 14.3. The van der Waals surface area contributed by atoms with E-state index in [1.54, 1.807) is 0 Å². The summed E-state index contributed by atoms with van der Waals surface area (Å²) in [6, 6.07) is 3.73. The van der Waals surface area contributed by atoms with E-state index < -0.39 is 5.82 Å². The molecule has 0 spiro atoms. The molecule has 0 amide bonds. The minimum absolute atomic E-state index is 0.263. The summed E-state index contributed by atoms with van der Waals surface area (Å²) < 4.78 is 12.6. The number of hydrogen-bond acceptors (Lipinski definition) is 3. The molecule has 2 aromatic rings. The van der Waals surface area contributed by atoms with Crippen LogP contribution in [0.25, 0.3) is 11.0 Å². The van der Waals surface area contributed by atoms with E-state index in [0.29, 0.717) is 10.4 Å². The van der Waals surface area contributed by atoms with Crippen LogP contribution < -0.4 is 4.85 Å². The summed E-state index contributed by atoms with van der Waals surface area (Å²) in [6.07, 6.45) is 1.09. The highest BCUT2D eigenvalue weighted by Gasteiger charge is 2.05. The van der Waals surface area contributed by atoms with Gasteiger partial charge < -0.3 is 5.21 Å². The first kappa shape index (κ1) is 6.90. The summed E-state index contributed by atoms with van der Waals surface area (Å²) in [5.74, 6) is -0.416. The predicted octanol–water partition coefficient (Wildman–Crippen LogP) is 0.402. The van der Waals surface area contributed by atoms with Crippen LogP contribution in [0.2, 0.25) is 0 Å². The molecule has 1 heterocycles. The van der Waals surface area contributed by atoms with Crippen LogP contribution >= 0.6 is 0 Å². The van der Waals surface area contributed by atoms with E-state index in [2.05, 4.69) is 10.1 Å². The molecule has 0 bridgehead atoms. The first-order valence-electron chi connectivity index (χ1n) is 3.27. The summed E-state index contributed by atoms with van der Waals surface area (Å²) in [7, 11) is 0. The monoisotopic (exact) mass is 165 g/mol. The molecule has 0 aliphatic heterocycles. The molecule has 0 aliphatic rings. The van der Waals surface area contributed by atoms with Crippen molar-refractivity contribution in [1.29, 1.82) is 0 Å². The molecule has 1 aromatic carbocycles. The van der Waals surface area contributed by atoms with Gasteiger partial charge in [0.05, 0.1) is 0 Å². The van der Waals surface area contributed by atoms with Crippen molar-refractivity contribution in [1.82, 2.24) is 10.1 Å². The summed E-state index contributed by atoms with van der Waals surface area (Å²) in [6.45, 7) is 0. The molecule has 0 saturated heterocycles. The molecule has 5 heteroatoms. The Kier molecular flexibility index (Phi) is 1.36. The number of fused-ring (bicyclic) bond motifs is 1. The van der Waals surface area contributed by atoms with Crippen molar-refractivity contribution < 1.29 is 9.24 Å². The number of hydrogen-bond donors (Lipinski definition) is 0. The van der Waals surface area contributed by atoms with Gasteiger partial charge in [-0.25, -0.2) is 9.37 Å². The molecule has 0 aliphatic carbocycles. The largest absolute Gasteiger partial charge is 0.594 e. The third kappa shape index (κ3) is 0.952. The van der Waals surface area contributed by atoms with Gasteiger partial charge in [0.2, 0.25) is 0 Å². The minimum atomic E-state index is -0.416. The van der Waals surface area contributed by atoms with Gasteiger partial charge in [-0.15, -0.1) is 0 Å². The maximum Gasteiger partial charge on any atom is 0.270 e. The quantitative estimate of drug-likeness (QED) is 0.419. The highest BCUT2D eigenvalue weighted by molar-refractivity contribution is 5.69. The standard InChI is InChI=1S/C7H4FN3O/c8-5-1-2-7-6(3-5)9-4-10-11(7)12/h1-4H. The van der Waals surface area contributed by atoms with Crippen LogP contribution in [0.15, 0.2) is 24.5 Å². The fourth-order valence-corrected chi connectivity index (χ4v) is 0.959. The smallest absolute Gasteiger partial charge is 0.270 e. The molecule has 0 unspecified atom stereocenters. The van der Waals surface area contributed by atoms with Crippen molar-refractivity contribution in [3.8, 4) is 0 Å². The molecule has 4 nitrogen and oxygen atoms in total. The molecule has 12 heavy (non-hydrogen) atoms. The minimum Gasteiger partial charge on any atom is -0.594 e. The van der Waals surface area contributed by atoms with Gasteiger partial charge in [0, 0.05) is 17.2 Å². The second-order valence-electron chi connectivity index (χ2n) is 2.27. The van der Waals surface area contributed by atoms with E-state index in [4.69, 9.17) is 0 Å². The molecule has 0 N–H and O–H groups in total. The number of benzene rings is 1. The van der Waals surface area contributed by atoms with Gasteiger partial charge in [-0.05, 0) is 10.9 Å². The summed E-state index contributed by atoms with van der Waals surface area (Å²) >= 11 is 0. The van der Waals surface area contributed by atoms with Crippen molar-refractivity contribution in [3.05, 3.63) is 35.6 Å². The lowest BCUT2D eigenvalue weighted by atomic mass is 10.3. The molecule has 0 fully saturated rings. The zero-order chi connectivity index (χ0) is 8.55. The second kappa shape index (κ2) is 2.37. The van der Waals surface area contributed by atoms with Crippen LogP contribution in [0.3, 0.4) is 0 Å². The van der Waals surface area contributed by atoms with Gasteiger partial charge in [0.15, 0.2) is 6.33 Å². The lowest BCUT2D eigenvalue weighted by Crippen LogP contribution is -2.31. The van der Waals surface area contributed by atoms with Crippen molar-refractivity contribution in [2.45, 2.75) is 0 Å². The Morgan fingerprint density at radius 1 is 1.42 bits per heavy atom. The fraction of sp³-hybridized carbons (Fsp3) is 0. The van der Waals surface area contributed by atoms with E-state index in [1.807, 2.05) is 0 Å². The van der Waals surface area contributed by atoms with Gasteiger partial charge in [0.1, 0.15) is 11.3 Å². The average Bonchev–Trinajstić information content (AvgIpc) is 2.04. The van der Waals surface area contributed by atoms with E-state index in [9.17, 15) is 9.60 Å². The van der Waals surface area contributed by atoms with E-state index >= 15 is 0 Å². The Bertz CT molecular complexity index is 432. The lowest BCUT2D eigenvalue weighted by molar-refractivity contribution is -0.643. The van der Waals surface area contributed by atoms with Crippen LogP contribution in [0.5, 0.6) is 0 Å². The predicted molar refractivity (Wildman–Crippen MR) is 38.5 cm³/mol. The highest BCUT2D eigenvalue weighted by Crippen LogP contribution is 2.06. The van der Waals surface area contributed by atoms with Gasteiger partial charge in [-0.1, -0.05) is 0 Å². The molecule has 60 valence electrons. The molecule has 1 aromatic heterocycles. The van der Waals surface area contributed by atoms with Crippen molar-refractivity contribution >= 4 is 11.0 Å². The third-order valence-corrected chi connectivity index (χ3v) is 1.50. The Balaban J connectivity index is 2.86. The average molecular weight is 165 g/mol. The first-order valence-corrected chi connectivity index (χ1v) is 3.27. The van der Waals surface area contributed by atoms with Gasteiger partial charge in [-0.3, -0.25) is 0 Å². The van der Waals surface area contributed by atoms with Crippen LogP contribution in [-0.4, -0.2) is 10.1 Å². The lowest BCUT2D eigenvalue weighted by Gasteiger charge is -1.95. The zero-order valence-electron chi connectivity index (χ0n) is 5.94. The van der Waals surface area contributed by atoms with Gasteiger partial charge >= 0.3 is 0 Å². The topological polar surface area (TPSA) is 52.7 Å². The Morgan fingerprint density at radius 3 is 3.08 bits per heavy atom. The number of nitrogens with zero attached hydrogens (tertiary/aromatic N) is 3.